The van der Waals surface area contributed by atoms with Gasteiger partial charge < -0.3 is 15.7 Å². The van der Waals surface area contributed by atoms with Crippen molar-refractivity contribution in [2.24, 2.45) is 0 Å². The van der Waals surface area contributed by atoms with Gasteiger partial charge in [0.05, 0.1) is 5.60 Å². The number of rotatable bonds is 5. The molecular weight excluding hydrogens is 244 g/mol. The summed E-state index contributed by atoms with van der Waals surface area (Å²) in [7, 11) is 0. The highest BCUT2D eigenvalue weighted by molar-refractivity contribution is 5.94. The molecule has 0 aliphatic rings. The first-order chi connectivity index (χ1) is 8.78. The largest absolute Gasteiger partial charge is 0.389 e. The summed E-state index contributed by atoms with van der Waals surface area (Å²) in [6.45, 7) is 5.35. The lowest BCUT2D eigenvalue weighted by atomic mass is 10.1. The van der Waals surface area contributed by atoms with Gasteiger partial charge in [0.25, 0.3) is 5.91 Å². The Morgan fingerprint density at radius 1 is 1.16 bits per heavy atom. The van der Waals surface area contributed by atoms with E-state index in [4.69, 9.17) is 0 Å². The zero-order chi connectivity index (χ0) is 14.5. The van der Waals surface area contributed by atoms with E-state index in [1.54, 1.807) is 38.1 Å². The minimum atomic E-state index is -0.930. The molecule has 104 valence electrons. The van der Waals surface area contributed by atoms with Crippen molar-refractivity contribution in [3.63, 3.8) is 0 Å². The van der Waals surface area contributed by atoms with Crippen molar-refractivity contribution in [1.82, 2.24) is 10.6 Å². The van der Waals surface area contributed by atoms with Gasteiger partial charge in [-0.05, 0) is 31.5 Å². The van der Waals surface area contributed by atoms with E-state index in [1.807, 2.05) is 0 Å². The molecule has 0 radical (unpaired) electrons. The second-order valence-electron chi connectivity index (χ2n) is 5.10. The first-order valence-corrected chi connectivity index (χ1v) is 6.12. The molecule has 0 atom stereocenters. The van der Waals surface area contributed by atoms with Crippen LogP contribution in [0.3, 0.4) is 0 Å². The zero-order valence-corrected chi connectivity index (χ0v) is 11.5. The number of carbonyl (C=O) groups excluding carboxylic acids is 2. The molecule has 0 aliphatic heterocycles. The Hall–Kier alpha value is -1.88. The molecule has 0 unspecified atom stereocenters. The Balaban J connectivity index is 2.55. The van der Waals surface area contributed by atoms with Gasteiger partial charge in [0.15, 0.2) is 0 Å². The van der Waals surface area contributed by atoms with Gasteiger partial charge in [-0.1, -0.05) is 12.1 Å². The summed E-state index contributed by atoms with van der Waals surface area (Å²) in [4.78, 5) is 22.5. The third-order valence-electron chi connectivity index (χ3n) is 2.44. The van der Waals surface area contributed by atoms with Gasteiger partial charge in [-0.3, -0.25) is 9.59 Å². The SMILES string of the molecule is CC(=O)NCc1ccc(C(=O)NCC(C)(C)O)cc1. The summed E-state index contributed by atoms with van der Waals surface area (Å²) in [6.07, 6.45) is 0. The molecule has 0 aromatic heterocycles. The molecule has 0 fully saturated rings. The molecule has 5 heteroatoms. The van der Waals surface area contributed by atoms with E-state index in [9.17, 15) is 14.7 Å². The lowest BCUT2D eigenvalue weighted by Crippen LogP contribution is -2.38. The van der Waals surface area contributed by atoms with Crippen LogP contribution >= 0.6 is 0 Å². The average Bonchev–Trinajstić information content (AvgIpc) is 2.33. The summed E-state index contributed by atoms with van der Waals surface area (Å²) in [5, 5.41) is 14.9. The molecule has 3 N–H and O–H groups in total. The van der Waals surface area contributed by atoms with Crippen molar-refractivity contribution >= 4 is 11.8 Å². The zero-order valence-electron chi connectivity index (χ0n) is 11.5. The van der Waals surface area contributed by atoms with Crippen LogP contribution in [0.5, 0.6) is 0 Å². The van der Waals surface area contributed by atoms with Crippen molar-refractivity contribution in [3.8, 4) is 0 Å². The minimum absolute atomic E-state index is 0.0907. The summed E-state index contributed by atoms with van der Waals surface area (Å²) >= 11 is 0. The summed E-state index contributed by atoms with van der Waals surface area (Å²) in [6, 6.07) is 6.96. The molecule has 1 aromatic rings. The Morgan fingerprint density at radius 3 is 2.21 bits per heavy atom. The molecular formula is C14H20N2O3. The molecule has 0 aliphatic carbocycles. The van der Waals surface area contributed by atoms with Gasteiger partial charge in [0, 0.05) is 25.6 Å². The second-order valence-corrected chi connectivity index (χ2v) is 5.10. The topological polar surface area (TPSA) is 78.4 Å². The van der Waals surface area contributed by atoms with Crippen LogP contribution in [0.1, 0.15) is 36.7 Å². The van der Waals surface area contributed by atoms with Gasteiger partial charge in [-0.25, -0.2) is 0 Å². The van der Waals surface area contributed by atoms with Crippen molar-refractivity contribution in [2.75, 3.05) is 6.54 Å². The van der Waals surface area contributed by atoms with Crippen LogP contribution < -0.4 is 10.6 Å². The maximum absolute atomic E-state index is 11.8. The fourth-order valence-corrected chi connectivity index (χ4v) is 1.40. The van der Waals surface area contributed by atoms with Gasteiger partial charge >= 0.3 is 0 Å². The number of hydrogen-bond acceptors (Lipinski definition) is 3. The Morgan fingerprint density at radius 2 is 1.74 bits per heavy atom. The van der Waals surface area contributed by atoms with Crippen LogP contribution in [0.25, 0.3) is 0 Å². The van der Waals surface area contributed by atoms with E-state index < -0.39 is 5.60 Å². The van der Waals surface area contributed by atoms with Crippen molar-refractivity contribution in [3.05, 3.63) is 35.4 Å². The van der Waals surface area contributed by atoms with Crippen molar-refractivity contribution in [1.29, 1.82) is 0 Å². The Kier molecular flexibility index (Phi) is 5.06. The number of aliphatic hydroxyl groups is 1. The predicted molar refractivity (Wildman–Crippen MR) is 72.6 cm³/mol. The van der Waals surface area contributed by atoms with E-state index in [2.05, 4.69) is 10.6 Å². The van der Waals surface area contributed by atoms with Crippen LogP contribution in [-0.2, 0) is 11.3 Å². The van der Waals surface area contributed by atoms with E-state index in [-0.39, 0.29) is 18.4 Å². The van der Waals surface area contributed by atoms with Crippen molar-refractivity contribution < 1.29 is 14.7 Å². The standard InChI is InChI=1S/C14H20N2O3/c1-10(17)15-8-11-4-6-12(7-5-11)13(18)16-9-14(2,3)19/h4-7,19H,8-9H2,1-3H3,(H,15,17)(H,16,18). The maximum atomic E-state index is 11.8. The van der Waals surface area contributed by atoms with E-state index in [1.165, 1.54) is 6.92 Å². The number of carbonyl (C=O) groups is 2. The Labute approximate surface area is 113 Å². The highest BCUT2D eigenvalue weighted by atomic mass is 16.3. The molecule has 0 bridgehead atoms. The van der Waals surface area contributed by atoms with Gasteiger partial charge in [0.1, 0.15) is 0 Å². The Bertz CT molecular complexity index is 447. The second kappa shape index (κ2) is 6.33. The molecule has 5 nitrogen and oxygen atoms in total. The quantitative estimate of drug-likeness (QED) is 0.737. The van der Waals surface area contributed by atoms with Crippen LogP contribution in [-0.4, -0.2) is 29.1 Å². The van der Waals surface area contributed by atoms with E-state index in [0.717, 1.165) is 5.56 Å². The first kappa shape index (κ1) is 15.2. The third kappa shape index (κ3) is 6.01. The van der Waals surface area contributed by atoms with Crippen LogP contribution in [0, 0.1) is 0 Å². The molecule has 1 aromatic carbocycles. The predicted octanol–water partition coefficient (Wildman–Crippen LogP) is 0.823. The minimum Gasteiger partial charge on any atom is -0.389 e. The number of benzene rings is 1. The average molecular weight is 264 g/mol. The lowest BCUT2D eigenvalue weighted by molar-refractivity contribution is -0.119. The van der Waals surface area contributed by atoms with Gasteiger partial charge in [-0.15, -0.1) is 0 Å². The van der Waals surface area contributed by atoms with Crippen LogP contribution in [0.2, 0.25) is 0 Å². The fraction of sp³-hybridized carbons (Fsp3) is 0.429. The van der Waals surface area contributed by atoms with Gasteiger partial charge in [-0.2, -0.15) is 0 Å². The monoisotopic (exact) mass is 264 g/mol. The van der Waals surface area contributed by atoms with E-state index >= 15 is 0 Å². The number of hydrogen-bond donors (Lipinski definition) is 3. The van der Waals surface area contributed by atoms with Crippen LogP contribution in [0.15, 0.2) is 24.3 Å². The fourth-order valence-electron chi connectivity index (χ4n) is 1.40. The normalized spacial score (nSPS) is 10.9. The molecule has 0 saturated heterocycles. The van der Waals surface area contributed by atoms with Crippen LogP contribution in [0.4, 0.5) is 0 Å². The lowest BCUT2D eigenvalue weighted by Gasteiger charge is -2.17. The molecule has 0 spiro atoms. The summed E-state index contributed by atoms with van der Waals surface area (Å²) in [5.41, 5.74) is 0.520. The molecule has 0 saturated carbocycles. The van der Waals surface area contributed by atoms with Gasteiger partial charge in [0.2, 0.25) is 5.91 Å². The maximum Gasteiger partial charge on any atom is 0.251 e. The first-order valence-electron chi connectivity index (χ1n) is 6.12. The highest BCUT2D eigenvalue weighted by Crippen LogP contribution is 2.05. The van der Waals surface area contributed by atoms with E-state index in [0.29, 0.717) is 12.1 Å². The third-order valence-corrected chi connectivity index (χ3v) is 2.44. The molecule has 2 amide bonds. The smallest absolute Gasteiger partial charge is 0.251 e. The molecule has 1 rings (SSSR count). The summed E-state index contributed by atoms with van der Waals surface area (Å²) in [5.74, 6) is -0.319. The summed E-state index contributed by atoms with van der Waals surface area (Å²) < 4.78 is 0. The highest BCUT2D eigenvalue weighted by Gasteiger charge is 2.14. The number of amides is 2. The molecule has 0 heterocycles. The van der Waals surface area contributed by atoms with Crippen molar-refractivity contribution in [2.45, 2.75) is 32.9 Å². The molecule has 19 heavy (non-hydrogen) atoms. The number of nitrogens with one attached hydrogen (secondary N) is 2.